The molecule has 3 N–H and O–H groups in total. The van der Waals surface area contributed by atoms with Crippen molar-refractivity contribution in [1.82, 2.24) is 5.32 Å². The quantitative estimate of drug-likeness (QED) is 0.0245. The van der Waals surface area contributed by atoms with Crippen LogP contribution in [-0.2, 0) is 27.9 Å². The summed E-state index contributed by atoms with van der Waals surface area (Å²) in [5.74, 6) is -0.526. The number of hydrogen-bond donors (Lipinski definition) is 3. The molecular formula is C41H78NO8P. The largest absolute Gasteiger partial charge is 0.472 e. The van der Waals surface area contributed by atoms with Crippen LogP contribution in [-0.4, -0.2) is 54.3 Å². The Labute approximate surface area is 312 Å². The Bertz CT molecular complexity index is 897. The van der Waals surface area contributed by atoms with Crippen LogP contribution >= 0.6 is 7.82 Å². The third kappa shape index (κ3) is 39.5. The fraction of sp³-hybridized carbons (Fsp3) is 0.854. The van der Waals surface area contributed by atoms with Gasteiger partial charge in [-0.15, -0.1) is 0 Å². The van der Waals surface area contributed by atoms with Gasteiger partial charge in [-0.25, -0.2) is 4.57 Å². The van der Waals surface area contributed by atoms with Gasteiger partial charge in [0.2, 0.25) is 5.91 Å². The van der Waals surface area contributed by atoms with Crippen LogP contribution in [0.5, 0.6) is 0 Å². The molecule has 1 amide bonds. The molecule has 0 saturated heterocycles. The highest BCUT2D eigenvalue weighted by atomic mass is 31.2. The first kappa shape index (κ1) is 49.5. The number of hydrogen-bond acceptors (Lipinski definition) is 7. The van der Waals surface area contributed by atoms with Crippen molar-refractivity contribution in [3.63, 3.8) is 0 Å². The average Bonchev–Trinajstić information content (AvgIpc) is 3.11. The molecule has 9 nitrogen and oxygen atoms in total. The van der Waals surface area contributed by atoms with Crippen molar-refractivity contribution in [3.8, 4) is 0 Å². The van der Waals surface area contributed by atoms with E-state index < -0.39 is 26.5 Å². The summed E-state index contributed by atoms with van der Waals surface area (Å²) in [4.78, 5) is 33.8. The highest BCUT2D eigenvalue weighted by Gasteiger charge is 2.23. The number of carbonyl (C=O) groups excluding carboxylic acids is 2. The van der Waals surface area contributed by atoms with E-state index in [2.05, 4.69) is 43.5 Å². The average molecular weight is 744 g/mol. The molecule has 0 spiro atoms. The molecule has 0 aromatic carbocycles. The van der Waals surface area contributed by atoms with Gasteiger partial charge < -0.3 is 20.1 Å². The van der Waals surface area contributed by atoms with E-state index in [1.54, 1.807) is 0 Å². The Balaban J connectivity index is 3.59. The monoisotopic (exact) mass is 744 g/mol. The molecule has 0 aliphatic heterocycles. The second-order valence-corrected chi connectivity index (χ2v) is 15.4. The molecule has 2 unspecified atom stereocenters. The molecule has 0 aromatic heterocycles. The minimum atomic E-state index is -4.41. The molecule has 300 valence electrons. The van der Waals surface area contributed by atoms with Gasteiger partial charge in [-0.1, -0.05) is 167 Å². The minimum absolute atomic E-state index is 0.0833. The highest BCUT2D eigenvalue weighted by Crippen LogP contribution is 2.42. The van der Waals surface area contributed by atoms with Crippen LogP contribution in [0.15, 0.2) is 24.3 Å². The van der Waals surface area contributed by atoms with Crippen molar-refractivity contribution >= 4 is 19.7 Å². The molecule has 2 atom stereocenters. The summed E-state index contributed by atoms with van der Waals surface area (Å²) in [7, 11) is -4.41. The van der Waals surface area contributed by atoms with Crippen molar-refractivity contribution < 1.29 is 37.9 Å². The zero-order chi connectivity index (χ0) is 37.5. The number of carbonyl (C=O) groups is 2. The fourth-order valence-corrected chi connectivity index (χ4v) is 6.47. The Hall–Kier alpha value is -1.51. The van der Waals surface area contributed by atoms with Gasteiger partial charge in [-0.2, -0.15) is 0 Å². The summed E-state index contributed by atoms with van der Waals surface area (Å²) >= 11 is 0. The lowest BCUT2D eigenvalue weighted by Gasteiger charge is -2.15. The van der Waals surface area contributed by atoms with Gasteiger partial charge in [0.25, 0.3) is 0 Å². The van der Waals surface area contributed by atoms with E-state index in [-0.39, 0.29) is 32.1 Å². The van der Waals surface area contributed by atoms with E-state index in [4.69, 9.17) is 13.8 Å². The van der Waals surface area contributed by atoms with Crippen LogP contribution in [0.1, 0.15) is 194 Å². The first-order chi connectivity index (χ1) is 24.8. The number of allylic oxidation sites excluding steroid dienone is 4. The Morgan fingerprint density at radius 3 is 1.65 bits per heavy atom. The fourth-order valence-electron chi connectivity index (χ4n) is 5.71. The first-order valence-electron chi connectivity index (χ1n) is 20.8. The second-order valence-electron chi connectivity index (χ2n) is 14.0. The number of amides is 1. The molecule has 0 aliphatic rings. The van der Waals surface area contributed by atoms with Crippen LogP contribution in [0.3, 0.4) is 0 Å². The predicted octanol–water partition coefficient (Wildman–Crippen LogP) is 11.2. The molecule has 0 fully saturated rings. The van der Waals surface area contributed by atoms with E-state index in [1.807, 2.05) is 0 Å². The second kappa shape index (κ2) is 38.2. The van der Waals surface area contributed by atoms with Crippen molar-refractivity contribution in [2.24, 2.45) is 0 Å². The molecule has 0 heterocycles. The molecule has 51 heavy (non-hydrogen) atoms. The summed E-state index contributed by atoms with van der Waals surface area (Å²) in [5, 5.41) is 12.7. The molecule has 10 heteroatoms. The first-order valence-corrected chi connectivity index (χ1v) is 22.3. The highest BCUT2D eigenvalue weighted by molar-refractivity contribution is 7.47. The number of phosphoric ester groups is 1. The standard InChI is InChI=1S/C41H78NO8P/c1-3-5-7-9-11-13-15-17-18-19-20-22-23-25-27-29-31-33-40(44)42-35-36-49-51(46,47)50-38-39(43)37-48-41(45)34-32-30-28-26-24-21-16-14-12-10-8-6-4-2/h8,10,14,16,39,43H,3-7,9,11-13,15,17-38H2,1-2H3,(H,42,44)(H,46,47)/b10-8-,16-14-. The van der Waals surface area contributed by atoms with Crippen LogP contribution in [0, 0.1) is 0 Å². The van der Waals surface area contributed by atoms with E-state index >= 15 is 0 Å². The van der Waals surface area contributed by atoms with Gasteiger partial charge in [0.1, 0.15) is 12.7 Å². The maximum Gasteiger partial charge on any atom is 0.472 e. The van der Waals surface area contributed by atoms with Crippen molar-refractivity contribution in [1.29, 1.82) is 0 Å². The zero-order valence-corrected chi connectivity index (χ0v) is 33.7. The summed E-state index contributed by atoms with van der Waals surface area (Å²) in [6, 6.07) is 0. The summed E-state index contributed by atoms with van der Waals surface area (Å²) in [5.41, 5.74) is 0. The van der Waals surface area contributed by atoms with Crippen LogP contribution in [0.2, 0.25) is 0 Å². The number of ether oxygens (including phenoxy) is 1. The van der Waals surface area contributed by atoms with Gasteiger partial charge in [0.15, 0.2) is 0 Å². The van der Waals surface area contributed by atoms with Gasteiger partial charge in [0, 0.05) is 19.4 Å². The summed E-state index contributed by atoms with van der Waals surface area (Å²) in [6.45, 7) is 3.48. The third-order valence-corrected chi connectivity index (χ3v) is 9.85. The van der Waals surface area contributed by atoms with Crippen molar-refractivity contribution in [2.75, 3.05) is 26.4 Å². The van der Waals surface area contributed by atoms with Crippen molar-refractivity contribution in [2.45, 2.75) is 200 Å². The summed E-state index contributed by atoms with van der Waals surface area (Å²) in [6.07, 6.45) is 39.6. The number of aliphatic hydroxyl groups excluding tert-OH is 1. The maximum atomic E-state index is 12.1. The van der Waals surface area contributed by atoms with E-state index in [1.165, 1.54) is 96.3 Å². The van der Waals surface area contributed by atoms with Crippen LogP contribution < -0.4 is 5.32 Å². The number of nitrogens with one attached hydrogen (secondary N) is 1. The Morgan fingerprint density at radius 2 is 1.10 bits per heavy atom. The Morgan fingerprint density at radius 1 is 0.608 bits per heavy atom. The molecule has 0 aromatic rings. The number of aliphatic hydroxyl groups is 1. The predicted molar refractivity (Wildman–Crippen MR) is 211 cm³/mol. The van der Waals surface area contributed by atoms with Gasteiger partial charge in [-0.3, -0.25) is 18.6 Å². The lowest BCUT2D eigenvalue weighted by molar-refractivity contribution is -0.147. The van der Waals surface area contributed by atoms with Gasteiger partial charge in [0.05, 0.1) is 13.2 Å². The third-order valence-electron chi connectivity index (χ3n) is 8.87. The van der Waals surface area contributed by atoms with Crippen LogP contribution in [0.25, 0.3) is 0 Å². The number of esters is 1. The molecule has 0 saturated carbocycles. The minimum Gasteiger partial charge on any atom is -0.463 e. The maximum absolute atomic E-state index is 12.1. The van der Waals surface area contributed by atoms with E-state index in [0.717, 1.165) is 70.6 Å². The van der Waals surface area contributed by atoms with Gasteiger partial charge >= 0.3 is 13.8 Å². The topological polar surface area (TPSA) is 131 Å². The lowest BCUT2D eigenvalue weighted by atomic mass is 10.0. The zero-order valence-electron chi connectivity index (χ0n) is 32.8. The van der Waals surface area contributed by atoms with Gasteiger partial charge in [-0.05, 0) is 38.5 Å². The SMILES string of the molecule is CCC/C=C\C/C=C\CCCCCCCC(=O)OCC(O)COP(=O)(O)OCCNC(=O)CCCCCCCCCCCCCCCCCCC. The van der Waals surface area contributed by atoms with Crippen LogP contribution in [0.4, 0.5) is 0 Å². The van der Waals surface area contributed by atoms with E-state index in [0.29, 0.717) is 6.42 Å². The number of rotatable bonds is 39. The number of unbranched alkanes of at least 4 members (excludes halogenated alkanes) is 22. The van der Waals surface area contributed by atoms with E-state index in [9.17, 15) is 24.2 Å². The smallest absolute Gasteiger partial charge is 0.463 e. The molecule has 0 radical (unpaired) electrons. The Kier molecular flexibility index (Phi) is 37.1. The normalized spacial score (nSPS) is 13.6. The summed E-state index contributed by atoms with van der Waals surface area (Å²) < 4.78 is 26.8. The van der Waals surface area contributed by atoms with Crippen molar-refractivity contribution in [3.05, 3.63) is 24.3 Å². The molecule has 0 rings (SSSR count). The molecule has 0 bridgehead atoms. The molecule has 0 aliphatic carbocycles. The molecular weight excluding hydrogens is 665 g/mol. The number of phosphoric acid groups is 1. The lowest BCUT2D eigenvalue weighted by Crippen LogP contribution is -2.27.